The molecule has 0 spiro atoms. The molecule has 0 saturated heterocycles. The molecule has 0 amide bonds. The van der Waals surface area contributed by atoms with Crippen LogP contribution in [0.4, 0.5) is 5.69 Å². The second-order valence-electron chi connectivity index (χ2n) is 5.03. The molecule has 7 nitrogen and oxygen atoms in total. The molecule has 0 fully saturated rings. The van der Waals surface area contributed by atoms with Gasteiger partial charge in [-0.05, 0) is 30.7 Å². The van der Waals surface area contributed by atoms with Crippen molar-refractivity contribution in [3.8, 4) is 11.3 Å². The van der Waals surface area contributed by atoms with E-state index in [0.717, 1.165) is 6.26 Å². The molecular formula is C14H17N3O4S2. The topological polar surface area (TPSA) is 106 Å². The van der Waals surface area contributed by atoms with Crippen molar-refractivity contribution < 1.29 is 16.8 Å². The molecule has 0 saturated carbocycles. The fraction of sp³-hybridized carbons (Fsp3) is 0.286. The van der Waals surface area contributed by atoms with E-state index in [1.165, 1.54) is 12.1 Å². The van der Waals surface area contributed by atoms with Crippen molar-refractivity contribution in [1.82, 2.24) is 10.2 Å². The Kier molecular flexibility index (Phi) is 5.00. The van der Waals surface area contributed by atoms with Gasteiger partial charge >= 0.3 is 0 Å². The molecule has 0 aliphatic heterocycles. The minimum atomic E-state index is -3.41. The van der Waals surface area contributed by atoms with Crippen LogP contribution in [0.15, 0.2) is 41.4 Å². The van der Waals surface area contributed by atoms with Crippen molar-refractivity contribution in [2.75, 3.05) is 16.7 Å². The van der Waals surface area contributed by atoms with Gasteiger partial charge in [-0.1, -0.05) is 19.1 Å². The Morgan fingerprint density at radius 2 is 1.78 bits per heavy atom. The van der Waals surface area contributed by atoms with Crippen LogP contribution < -0.4 is 4.72 Å². The Morgan fingerprint density at radius 3 is 2.35 bits per heavy atom. The van der Waals surface area contributed by atoms with E-state index in [2.05, 4.69) is 14.9 Å². The average Bonchev–Trinajstić information content (AvgIpc) is 2.46. The zero-order valence-electron chi connectivity index (χ0n) is 12.7. The van der Waals surface area contributed by atoms with E-state index in [-0.39, 0.29) is 10.8 Å². The molecule has 0 unspecified atom stereocenters. The summed E-state index contributed by atoms with van der Waals surface area (Å²) in [6, 6.07) is 9.58. The van der Waals surface area contributed by atoms with E-state index in [9.17, 15) is 16.8 Å². The van der Waals surface area contributed by atoms with Gasteiger partial charge in [-0.15, -0.1) is 10.2 Å². The molecule has 1 aromatic heterocycles. The zero-order chi connectivity index (χ0) is 17.1. The summed E-state index contributed by atoms with van der Waals surface area (Å²) in [5.74, 6) is 0.0418. The van der Waals surface area contributed by atoms with Gasteiger partial charge in [-0.3, -0.25) is 4.72 Å². The monoisotopic (exact) mass is 355 g/mol. The molecule has 9 heteroatoms. The van der Waals surface area contributed by atoms with Gasteiger partial charge in [0.15, 0.2) is 14.9 Å². The predicted molar refractivity (Wildman–Crippen MR) is 88.3 cm³/mol. The zero-order valence-corrected chi connectivity index (χ0v) is 14.4. The van der Waals surface area contributed by atoms with Gasteiger partial charge in [-0.25, -0.2) is 16.8 Å². The lowest BCUT2D eigenvalue weighted by atomic mass is 10.1. The number of rotatable bonds is 6. The Bertz CT molecular complexity index is 892. The molecule has 0 bridgehead atoms. The van der Waals surface area contributed by atoms with Crippen LogP contribution in [0.3, 0.4) is 0 Å². The largest absolute Gasteiger partial charge is 0.284 e. The Balaban J connectivity index is 2.30. The number of benzene rings is 1. The number of sulfonamides is 1. The lowest BCUT2D eigenvalue weighted by molar-refractivity contribution is 0.595. The first-order valence-electron chi connectivity index (χ1n) is 6.86. The summed E-state index contributed by atoms with van der Waals surface area (Å²) in [4.78, 5) is 0. The van der Waals surface area contributed by atoms with Crippen LogP contribution in [0.1, 0.15) is 13.3 Å². The normalized spacial score (nSPS) is 12.1. The minimum absolute atomic E-state index is 0.0418. The summed E-state index contributed by atoms with van der Waals surface area (Å²) in [5, 5.41) is 7.46. The lowest BCUT2D eigenvalue weighted by Gasteiger charge is -2.08. The second-order valence-corrected chi connectivity index (χ2v) is 8.84. The van der Waals surface area contributed by atoms with Gasteiger partial charge in [0.1, 0.15) is 0 Å². The summed E-state index contributed by atoms with van der Waals surface area (Å²) in [7, 11) is -6.78. The number of nitrogens with zero attached hydrogens (tertiary/aromatic N) is 2. The van der Waals surface area contributed by atoms with Crippen molar-refractivity contribution in [1.29, 1.82) is 0 Å². The van der Waals surface area contributed by atoms with Crippen molar-refractivity contribution >= 4 is 25.5 Å². The molecule has 2 rings (SSSR count). The summed E-state index contributed by atoms with van der Waals surface area (Å²) < 4.78 is 48.8. The van der Waals surface area contributed by atoms with Crippen LogP contribution in [-0.2, 0) is 19.9 Å². The minimum Gasteiger partial charge on any atom is -0.284 e. The maximum Gasteiger partial charge on any atom is 0.232 e. The van der Waals surface area contributed by atoms with E-state index in [0.29, 0.717) is 23.4 Å². The molecule has 1 N–H and O–H groups in total. The summed E-state index contributed by atoms with van der Waals surface area (Å²) >= 11 is 0. The first-order valence-corrected chi connectivity index (χ1v) is 10.4. The fourth-order valence-electron chi connectivity index (χ4n) is 1.91. The Labute approximate surface area is 135 Å². The van der Waals surface area contributed by atoms with Gasteiger partial charge in [0.05, 0.1) is 11.4 Å². The summed E-state index contributed by atoms with van der Waals surface area (Å²) in [6.07, 6.45) is 1.58. The molecule has 1 aromatic carbocycles. The van der Waals surface area contributed by atoms with E-state index in [1.54, 1.807) is 31.2 Å². The van der Waals surface area contributed by atoms with Crippen LogP contribution in [0, 0.1) is 0 Å². The number of hydrogen-bond acceptors (Lipinski definition) is 6. The fourth-order valence-corrected chi connectivity index (χ4v) is 3.54. The van der Waals surface area contributed by atoms with Crippen molar-refractivity contribution in [2.24, 2.45) is 0 Å². The molecule has 2 aromatic rings. The van der Waals surface area contributed by atoms with Gasteiger partial charge in [0, 0.05) is 17.5 Å². The lowest BCUT2D eigenvalue weighted by Crippen LogP contribution is -2.16. The number of anilines is 1. The van der Waals surface area contributed by atoms with Gasteiger partial charge in [0.25, 0.3) is 0 Å². The first kappa shape index (κ1) is 17.4. The van der Waals surface area contributed by atoms with Crippen LogP contribution in [0.2, 0.25) is 0 Å². The molecular weight excluding hydrogens is 338 g/mol. The highest BCUT2D eigenvalue weighted by atomic mass is 32.2. The highest BCUT2D eigenvalue weighted by molar-refractivity contribution is 7.92. The summed E-state index contributed by atoms with van der Waals surface area (Å²) in [5.41, 5.74) is 1.51. The summed E-state index contributed by atoms with van der Waals surface area (Å²) in [6.45, 7) is 1.79. The van der Waals surface area contributed by atoms with Gasteiger partial charge in [0.2, 0.25) is 10.0 Å². The van der Waals surface area contributed by atoms with Crippen LogP contribution in [0.25, 0.3) is 11.3 Å². The molecule has 0 aliphatic carbocycles. The van der Waals surface area contributed by atoms with Gasteiger partial charge in [-0.2, -0.15) is 0 Å². The molecule has 23 heavy (non-hydrogen) atoms. The standard InChI is InChI=1S/C14H17N3O4S2/c1-3-9-23(20,21)17-12-6-4-5-11(10-12)13-7-8-14(16-15-13)22(2,18)19/h4-8,10,17H,3,9H2,1-2H3. The maximum absolute atomic E-state index is 11.8. The van der Waals surface area contributed by atoms with Crippen molar-refractivity contribution in [3.05, 3.63) is 36.4 Å². The Morgan fingerprint density at radius 1 is 1.04 bits per heavy atom. The quantitative estimate of drug-likeness (QED) is 0.845. The predicted octanol–water partition coefficient (Wildman–Crippen LogP) is 1.70. The first-order chi connectivity index (χ1) is 10.7. The highest BCUT2D eigenvalue weighted by Gasteiger charge is 2.12. The number of hydrogen-bond donors (Lipinski definition) is 1. The van der Waals surface area contributed by atoms with Crippen molar-refractivity contribution in [2.45, 2.75) is 18.4 Å². The molecule has 124 valence electrons. The SMILES string of the molecule is CCCS(=O)(=O)Nc1cccc(-c2ccc(S(C)(=O)=O)nn2)c1. The molecule has 0 radical (unpaired) electrons. The van der Waals surface area contributed by atoms with Crippen LogP contribution >= 0.6 is 0 Å². The highest BCUT2D eigenvalue weighted by Crippen LogP contribution is 2.21. The van der Waals surface area contributed by atoms with Crippen LogP contribution in [-0.4, -0.2) is 39.0 Å². The van der Waals surface area contributed by atoms with E-state index in [4.69, 9.17) is 0 Å². The van der Waals surface area contributed by atoms with E-state index < -0.39 is 19.9 Å². The molecule has 0 atom stereocenters. The Hall–Kier alpha value is -2.00. The second kappa shape index (κ2) is 6.63. The van der Waals surface area contributed by atoms with Crippen molar-refractivity contribution in [3.63, 3.8) is 0 Å². The molecule has 1 heterocycles. The number of nitrogens with one attached hydrogen (secondary N) is 1. The van der Waals surface area contributed by atoms with E-state index in [1.807, 2.05) is 0 Å². The molecule has 0 aliphatic rings. The average molecular weight is 355 g/mol. The number of aromatic nitrogens is 2. The van der Waals surface area contributed by atoms with Gasteiger partial charge < -0.3 is 0 Å². The third-order valence-electron chi connectivity index (χ3n) is 2.92. The maximum atomic E-state index is 11.8. The smallest absolute Gasteiger partial charge is 0.232 e. The third-order valence-corrected chi connectivity index (χ3v) is 5.39. The van der Waals surface area contributed by atoms with Crippen LogP contribution in [0.5, 0.6) is 0 Å². The third kappa shape index (κ3) is 4.73. The number of sulfone groups is 1. The van der Waals surface area contributed by atoms with E-state index >= 15 is 0 Å².